The molecule has 0 aliphatic heterocycles. The molecule has 0 radical (unpaired) electrons. The largest absolute Gasteiger partial charge is 0.325 e. The molecule has 3 aromatic carbocycles. The van der Waals surface area contributed by atoms with Crippen LogP contribution < -0.4 is 10.9 Å². The summed E-state index contributed by atoms with van der Waals surface area (Å²) >= 11 is 1.18. The second-order valence-electron chi connectivity index (χ2n) is 7.71. The Morgan fingerprint density at radius 3 is 2.48 bits per heavy atom. The molecule has 7 heteroatoms. The highest BCUT2D eigenvalue weighted by molar-refractivity contribution is 7.99. The van der Waals surface area contributed by atoms with Crippen molar-refractivity contribution in [2.75, 3.05) is 11.1 Å². The van der Waals surface area contributed by atoms with Gasteiger partial charge in [-0.15, -0.1) is 0 Å². The summed E-state index contributed by atoms with van der Waals surface area (Å²) in [7, 11) is 0. The van der Waals surface area contributed by atoms with Gasteiger partial charge >= 0.3 is 0 Å². The Morgan fingerprint density at radius 1 is 0.970 bits per heavy atom. The van der Waals surface area contributed by atoms with Crippen LogP contribution in [0.5, 0.6) is 0 Å². The van der Waals surface area contributed by atoms with Crippen molar-refractivity contribution in [3.05, 3.63) is 93.8 Å². The lowest BCUT2D eigenvalue weighted by Gasteiger charge is -2.16. The van der Waals surface area contributed by atoms with Gasteiger partial charge in [-0.25, -0.2) is 4.98 Å². The first-order chi connectivity index (χ1) is 15.9. The van der Waals surface area contributed by atoms with Crippen molar-refractivity contribution in [2.45, 2.75) is 25.9 Å². The molecule has 0 atom stereocenters. The Kier molecular flexibility index (Phi) is 6.42. The van der Waals surface area contributed by atoms with Crippen LogP contribution in [0.2, 0.25) is 0 Å². The second kappa shape index (κ2) is 9.42. The molecule has 166 valence electrons. The first-order valence-corrected chi connectivity index (χ1v) is 11.5. The molecular weight excluding hydrogens is 434 g/mol. The smallest absolute Gasteiger partial charge is 0.266 e. The number of ketones is 1. The highest BCUT2D eigenvalue weighted by Gasteiger charge is 2.17. The van der Waals surface area contributed by atoms with Crippen LogP contribution >= 0.6 is 11.8 Å². The van der Waals surface area contributed by atoms with E-state index < -0.39 is 0 Å². The second-order valence-corrected chi connectivity index (χ2v) is 8.65. The van der Waals surface area contributed by atoms with E-state index in [0.717, 1.165) is 16.8 Å². The number of anilines is 1. The fourth-order valence-corrected chi connectivity index (χ4v) is 4.42. The molecule has 0 bridgehead atoms. The molecule has 4 aromatic rings. The van der Waals surface area contributed by atoms with Crippen LogP contribution in [0, 0.1) is 13.8 Å². The Morgan fingerprint density at radius 2 is 1.70 bits per heavy atom. The molecule has 0 unspecified atom stereocenters. The molecule has 1 aromatic heterocycles. The summed E-state index contributed by atoms with van der Waals surface area (Å²) in [5.41, 5.74) is 4.08. The van der Waals surface area contributed by atoms with Crippen molar-refractivity contribution in [1.29, 1.82) is 0 Å². The summed E-state index contributed by atoms with van der Waals surface area (Å²) in [6.45, 7) is 5.42. The summed E-state index contributed by atoms with van der Waals surface area (Å²) in [5.74, 6) is -0.385. The average Bonchev–Trinajstić information content (AvgIpc) is 2.80. The number of para-hydroxylation sites is 2. The lowest BCUT2D eigenvalue weighted by atomic mass is 10.1. The summed E-state index contributed by atoms with van der Waals surface area (Å²) < 4.78 is 1.58. The van der Waals surface area contributed by atoms with Crippen LogP contribution in [0.15, 0.2) is 76.7 Å². The Labute approximate surface area is 195 Å². The molecule has 33 heavy (non-hydrogen) atoms. The maximum Gasteiger partial charge on any atom is 0.266 e. The van der Waals surface area contributed by atoms with Gasteiger partial charge in [0, 0.05) is 5.56 Å². The van der Waals surface area contributed by atoms with E-state index >= 15 is 0 Å². The van der Waals surface area contributed by atoms with Gasteiger partial charge in [-0.2, -0.15) is 0 Å². The van der Waals surface area contributed by atoms with Gasteiger partial charge < -0.3 is 5.32 Å². The fraction of sp³-hybridized carbons (Fsp3) is 0.154. The third kappa shape index (κ3) is 4.59. The van der Waals surface area contributed by atoms with Crippen molar-refractivity contribution in [2.24, 2.45) is 0 Å². The van der Waals surface area contributed by atoms with Gasteiger partial charge in [0.25, 0.3) is 5.56 Å². The van der Waals surface area contributed by atoms with Crippen molar-refractivity contribution in [3.63, 3.8) is 0 Å². The molecule has 0 fully saturated rings. The molecular formula is C26H23N3O3S. The van der Waals surface area contributed by atoms with Crippen LogP contribution in [0.25, 0.3) is 16.6 Å². The zero-order chi connectivity index (χ0) is 23.5. The number of hydrogen-bond donors (Lipinski definition) is 1. The van der Waals surface area contributed by atoms with E-state index in [9.17, 15) is 14.4 Å². The zero-order valence-corrected chi connectivity index (χ0v) is 19.4. The first kappa shape index (κ1) is 22.5. The fourth-order valence-electron chi connectivity index (χ4n) is 3.61. The Bertz CT molecular complexity index is 1440. The molecule has 0 spiro atoms. The van der Waals surface area contributed by atoms with E-state index in [1.54, 1.807) is 41.0 Å². The maximum atomic E-state index is 13.4. The number of nitrogens with zero attached hydrogens (tertiary/aromatic N) is 2. The lowest BCUT2D eigenvalue weighted by molar-refractivity contribution is -0.113. The standard InChI is InChI=1S/C26H23N3O3S/c1-16-9-8-14-23(17(16)2)29-25(32)20-11-5-7-13-22(20)28-26(29)33-15-24(31)27-21-12-6-4-10-19(21)18(3)30/h4-14H,15H2,1-3H3,(H,27,31). The number of thioether (sulfide) groups is 1. The van der Waals surface area contributed by atoms with E-state index in [0.29, 0.717) is 27.3 Å². The summed E-state index contributed by atoms with van der Waals surface area (Å²) in [5, 5.41) is 3.75. The molecule has 1 N–H and O–H groups in total. The minimum atomic E-state index is -0.288. The summed E-state index contributed by atoms with van der Waals surface area (Å²) in [4.78, 5) is 42.7. The number of carbonyl (C=O) groups is 2. The minimum absolute atomic E-state index is 0.0296. The number of benzene rings is 3. The van der Waals surface area contributed by atoms with Gasteiger partial charge in [0.05, 0.1) is 28.0 Å². The van der Waals surface area contributed by atoms with Crippen LogP contribution in [0.4, 0.5) is 5.69 Å². The SMILES string of the molecule is CC(=O)c1ccccc1NC(=O)CSc1nc2ccccc2c(=O)n1-c1cccc(C)c1C. The normalized spacial score (nSPS) is 10.9. The van der Waals surface area contributed by atoms with Gasteiger partial charge in [-0.3, -0.25) is 19.0 Å². The van der Waals surface area contributed by atoms with Crippen molar-refractivity contribution < 1.29 is 9.59 Å². The lowest BCUT2D eigenvalue weighted by Crippen LogP contribution is -2.24. The number of hydrogen-bond acceptors (Lipinski definition) is 5. The van der Waals surface area contributed by atoms with Crippen molar-refractivity contribution >= 4 is 40.0 Å². The number of Topliss-reactive ketones (excluding diaryl/α,β-unsaturated/α-hetero) is 1. The molecule has 0 aliphatic carbocycles. The van der Waals surface area contributed by atoms with Crippen LogP contribution in [-0.2, 0) is 4.79 Å². The maximum absolute atomic E-state index is 13.4. The molecule has 1 heterocycles. The van der Waals surface area contributed by atoms with Crippen LogP contribution in [-0.4, -0.2) is 27.0 Å². The van der Waals surface area contributed by atoms with E-state index in [2.05, 4.69) is 5.32 Å². The number of nitrogens with one attached hydrogen (secondary N) is 1. The number of rotatable bonds is 6. The Balaban J connectivity index is 1.71. The van der Waals surface area contributed by atoms with Crippen LogP contribution in [0.3, 0.4) is 0 Å². The van der Waals surface area contributed by atoms with Gasteiger partial charge in [-0.05, 0) is 62.2 Å². The summed E-state index contributed by atoms with van der Waals surface area (Å²) in [6.07, 6.45) is 0. The monoisotopic (exact) mass is 457 g/mol. The summed E-state index contributed by atoms with van der Waals surface area (Å²) in [6, 6.07) is 19.8. The molecule has 4 rings (SSSR count). The van der Waals surface area contributed by atoms with Crippen molar-refractivity contribution in [1.82, 2.24) is 9.55 Å². The molecule has 6 nitrogen and oxygen atoms in total. The third-order valence-corrected chi connectivity index (χ3v) is 6.41. The van der Waals surface area contributed by atoms with E-state index in [-0.39, 0.29) is 23.0 Å². The average molecular weight is 458 g/mol. The van der Waals surface area contributed by atoms with Gasteiger partial charge in [0.1, 0.15) is 0 Å². The predicted molar refractivity (Wildman–Crippen MR) is 133 cm³/mol. The number of fused-ring (bicyclic) bond motifs is 1. The molecule has 0 saturated heterocycles. The topological polar surface area (TPSA) is 81.1 Å². The Hall–Kier alpha value is -3.71. The highest BCUT2D eigenvalue weighted by Crippen LogP contribution is 2.25. The highest BCUT2D eigenvalue weighted by atomic mass is 32.2. The third-order valence-electron chi connectivity index (χ3n) is 5.47. The first-order valence-electron chi connectivity index (χ1n) is 10.5. The molecule has 1 amide bonds. The van der Waals surface area contributed by atoms with Gasteiger partial charge in [0.2, 0.25) is 5.91 Å². The van der Waals surface area contributed by atoms with E-state index in [4.69, 9.17) is 4.98 Å². The van der Waals surface area contributed by atoms with Crippen LogP contribution in [0.1, 0.15) is 28.4 Å². The van der Waals surface area contributed by atoms with E-state index in [1.165, 1.54) is 18.7 Å². The number of amides is 1. The van der Waals surface area contributed by atoms with Crippen molar-refractivity contribution in [3.8, 4) is 5.69 Å². The minimum Gasteiger partial charge on any atom is -0.325 e. The molecule has 0 saturated carbocycles. The number of aryl methyl sites for hydroxylation is 1. The number of carbonyl (C=O) groups excluding carboxylic acids is 2. The molecule has 0 aliphatic rings. The van der Waals surface area contributed by atoms with E-state index in [1.807, 2.05) is 44.2 Å². The van der Waals surface area contributed by atoms with Gasteiger partial charge in [-0.1, -0.05) is 48.2 Å². The van der Waals surface area contributed by atoms with Gasteiger partial charge in [0.15, 0.2) is 10.9 Å². The number of aromatic nitrogens is 2. The predicted octanol–water partition coefficient (Wildman–Crippen LogP) is 4.94. The zero-order valence-electron chi connectivity index (χ0n) is 18.6. The quantitative estimate of drug-likeness (QED) is 0.252.